The number of anilines is 1. The first-order valence-electron chi connectivity index (χ1n) is 4.92. The molecule has 0 aliphatic heterocycles. The monoisotopic (exact) mass is 275 g/mol. The molecule has 0 atom stereocenters. The standard InChI is InChI=1S/C11H11F2NO3S/c1-17-11(16)6-18-5-10(15)14-9-3-7(12)2-8(13)4-9/h2-4H,5-6H2,1H3,(H,14,15). The van der Waals surface area contributed by atoms with Crippen molar-refractivity contribution < 1.29 is 23.1 Å². The van der Waals surface area contributed by atoms with Gasteiger partial charge < -0.3 is 10.1 Å². The number of rotatable bonds is 5. The average Bonchev–Trinajstić information content (AvgIpc) is 2.27. The SMILES string of the molecule is COC(=O)CSCC(=O)Nc1cc(F)cc(F)c1. The van der Waals surface area contributed by atoms with Gasteiger partial charge in [0.2, 0.25) is 5.91 Å². The summed E-state index contributed by atoms with van der Waals surface area (Å²) in [7, 11) is 1.25. The number of nitrogens with one attached hydrogen (secondary N) is 1. The second kappa shape index (κ2) is 6.95. The van der Waals surface area contributed by atoms with Gasteiger partial charge in [0.1, 0.15) is 11.6 Å². The minimum atomic E-state index is -0.771. The van der Waals surface area contributed by atoms with Crippen LogP contribution in [0.3, 0.4) is 0 Å². The smallest absolute Gasteiger partial charge is 0.315 e. The van der Waals surface area contributed by atoms with Crippen LogP contribution in [0.25, 0.3) is 0 Å². The molecule has 1 aromatic carbocycles. The first-order chi connectivity index (χ1) is 8.51. The molecule has 0 aromatic heterocycles. The van der Waals surface area contributed by atoms with Crippen LogP contribution in [0.4, 0.5) is 14.5 Å². The summed E-state index contributed by atoms with van der Waals surface area (Å²) in [5.41, 5.74) is 0.0381. The lowest BCUT2D eigenvalue weighted by Gasteiger charge is -2.05. The van der Waals surface area contributed by atoms with Crippen molar-refractivity contribution in [3.8, 4) is 0 Å². The van der Waals surface area contributed by atoms with Gasteiger partial charge in [-0.15, -0.1) is 11.8 Å². The normalized spacial score (nSPS) is 9.94. The maximum atomic E-state index is 12.8. The summed E-state index contributed by atoms with van der Waals surface area (Å²) in [4.78, 5) is 22.1. The highest BCUT2D eigenvalue weighted by Crippen LogP contribution is 2.13. The lowest BCUT2D eigenvalue weighted by Crippen LogP contribution is -2.16. The van der Waals surface area contributed by atoms with Gasteiger partial charge in [-0.05, 0) is 12.1 Å². The van der Waals surface area contributed by atoms with E-state index in [4.69, 9.17) is 0 Å². The van der Waals surface area contributed by atoms with E-state index in [0.29, 0.717) is 6.07 Å². The molecule has 7 heteroatoms. The molecular weight excluding hydrogens is 264 g/mol. The summed E-state index contributed by atoms with van der Waals surface area (Å²) in [6.45, 7) is 0. The topological polar surface area (TPSA) is 55.4 Å². The first kappa shape index (κ1) is 14.4. The van der Waals surface area contributed by atoms with E-state index in [9.17, 15) is 18.4 Å². The van der Waals surface area contributed by atoms with Crippen molar-refractivity contribution in [3.63, 3.8) is 0 Å². The molecule has 0 spiro atoms. The molecular formula is C11H11F2NO3S. The van der Waals surface area contributed by atoms with E-state index in [1.807, 2.05) is 0 Å². The van der Waals surface area contributed by atoms with Crippen molar-refractivity contribution >= 4 is 29.3 Å². The third-order valence-electron chi connectivity index (χ3n) is 1.83. The molecule has 4 nitrogen and oxygen atoms in total. The molecule has 0 heterocycles. The minimum Gasteiger partial charge on any atom is -0.468 e. The number of amides is 1. The van der Waals surface area contributed by atoms with E-state index < -0.39 is 23.5 Å². The summed E-state index contributed by atoms with van der Waals surface area (Å²) in [6.07, 6.45) is 0. The number of hydrogen-bond acceptors (Lipinski definition) is 4. The van der Waals surface area contributed by atoms with Crippen molar-refractivity contribution in [3.05, 3.63) is 29.8 Å². The van der Waals surface area contributed by atoms with Crippen LogP contribution in [0, 0.1) is 11.6 Å². The van der Waals surface area contributed by atoms with Crippen molar-refractivity contribution in [1.82, 2.24) is 0 Å². The Kier molecular flexibility index (Phi) is 5.57. The zero-order valence-corrected chi connectivity index (χ0v) is 10.4. The zero-order chi connectivity index (χ0) is 13.5. The Morgan fingerprint density at radius 3 is 2.39 bits per heavy atom. The fourth-order valence-corrected chi connectivity index (χ4v) is 1.75. The molecule has 98 valence electrons. The molecule has 0 saturated carbocycles. The predicted molar refractivity (Wildman–Crippen MR) is 64.3 cm³/mol. The maximum absolute atomic E-state index is 12.8. The molecule has 0 aliphatic rings. The number of halogens is 2. The molecule has 1 N–H and O–H groups in total. The molecule has 1 amide bonds. The predicted octanol–water partition coefficient (Wildman–Crippen LogP) is 1.81. The van der Waals surface area contributed by atoms with Gasteiger partial charge in [0, 0.05) is 11.8 Å². The Morgan fingerprint density at radius 2 is 1.83 bits per heavy atom. The number of methoxy groups -OCH3 is 1. The summed E-state index contributed by atoms with van der Waals surface area (Å²) < 4.78 is 30.0. The number of ether oxygens (including phenoxy) is 1. The molecule has 0 bridgehead atoms. The Hall–Kier alpha value is -1.63. The van der Waals surface area contributed by atoms with Crippen molar-refractivity contribution in [2.24, 2.45) is 0 Å². The van der Waals surface area contributed by atoms with Crippen LogP contribution in [0.2, 0.25) is 0 Å². The molecule has 1 rings (SSSR count). The highest BCUT2D eigenvalue weighted by molar-refractivity contribution is 8.00. The second-order valence-corrected chi connectivity index (χ2v) is 4.26. The van der Waals surface area contributed by atoms with E-state index in [2.05, 4.69) is 10.1 Å². The molecule has 1 aromatic rings. The number of carbonyl (C=O) groups is 2. The van der Waals surface area contributed by atoms with Crippen molar-refractivity contribution in [2.75, 3.05) is 23.9 Å². The van der Waals surface area contributed by atoms with Crippen LogP contribution in [-0.4, -0.2) is 30.5 Å². The third-order valence-corrected chi connectivity index (χ3v) is 2.73. The van der Waals surface area contributed by atoms with Gasteiger partial charge in [0.25, 0.3) is 0 Å². The molecule has 0 aliphatic carbocycles. The molecule has 0 unspecified atom stereocenters. The van der Waals surface area contributed by atoms with Crippen molar-refractivity contribution in [2.45, 2.75) is 0 Å². The van der Waals surface area contributed by atoms with Gasteiger partial charge >= 0.3 is 5.97 Å². The number of carbonyl (C=O) groups excluding carboxylic acids is 2. The number of benzene rings is 1. The van der Waals surface area contributed by atoms with Gasteiger partial charge in [0.05, 0.1) is 18.6 Å². The van der Waals surface area contributed by atoms with E-state index in [1.165, 1.54) is 7.11 Å². The maximum Gasteiger partial charge on any atom is 0.315 e. The van der Waals surface area contributed by atoms with Crippen LogP contribution in [0.1, 0.15) is 0 Å². The Morgan fingerprint density at radius 1 is 1.22 bits per heavy atom. The summed E-state index contributed by atoms with van der Waals surface area (Å²) in [5, 5.41) is 2.32. The molecule has 18 heavy (non-hydrogen) atoms. The third kappa shape index (κ3) is 5.13. The highest BCUT2D eigenvalue weighted by Gasteiger charge is 2.07. The lowest BCUT2D eigenvalue weighted by molar-refractivity contribution is -0.137. The quantitative estimate of drug-likeness (QED) is 0.833. The van der Waals surface area contributed by atoms with Crippen LogP contribution in [0.15, 0.2) is 18.2 Å². The van der Waals surface area contributed by atoms with Gasteiger partial charge in [-0.3, -0.25) is 9.59 Å². The van der Waals surface area contributed by atoms with E-state index >= 15 is 0 Å². The molecule has 0 saturated heterocycles. The van der Waals surface area contributed by atoms with Crippen LogP contribution in [-0.2, 0) is 14.3 Å². The summed E-state index contributed by atoms with van der Waals surface area (Å²) in [5.74, 6) is -2.40. The van der Waals surface area contributed by atoms with Crippen LogP contribution in [0.5, 0.6) is 0 Å². The fraction of sp³-hybridized carbons (Fsp3) is 0.273. The van der Waals surface area contributed by atoms with Crippen LogP contribution < -0.4 is 5.32 Å². The Bertz CT molecular complexity index is 434. The summed E-state index contributed by atoms with van der Waals surface area (Å²) >= 11 is 1.05. The van der Waals surface area contributed by atoms with E-state index in [1.54, 1.807) is 0 Å². The van der Waals surface area contributed by atoms with E-state index in [-0.39, 0.29) is 17.2 Å². The summed E-state index contributed by atoms with van der Waals surface area (Å²) in [6, 6.07) is 2.72. The molecule has 0 fully saturated rings. The number of thioether (sulfide) groups is 1. The Balaban J connectivity index is 2.42. The zero-order valence-electron chi connectivity index (χ0n) is 9.54. The molecule has 0 radical (unpaired) electrons. The second-order valence-electron chi connectivity index (χ2n) is 3.28. The highest BCUT2D eigenvalue weighted by atomic mass is 32.2. The largest absolute Gasteiger partial charge is 0.468 e. The van der Waals surface area contributed by atoms with Gasteiger partial charge in [-0.25, -0.2) is 8.78 Å². The number of hydrogen-bond donors (Lipinski definition) is 1. The lowest BCUT2D eigenvalue weighted by atomic mass is 10.3. The van der Waals surface area contributed by atoms with Gasteiger partial charge in [0.15, 0.2) is 0 Å². The van der Waals surface area contributed by atoms with Crippen molar-refractivity contribution in [1.29, 1.82) is 0 Å². The van der Waals surface area contributed by atoms with Gasteiger partial charge in [-0.1, -0.05) is 0 Å². The Labute approximate surface area is 107 Å². The minimum absolute atomic E-state index is 0.00671. The average molecular weight is 275 g/mol. The fourth-order valence-electron chi connectivity index (χ4n) is 1.11. The van der Waals surface area contributed by atoms with Crippen LogP contribution >= 0.6 is 11.8 Å². The van der Waals surface area contributed by atoms with E-state index in [0.717, 1.165) is 23.9 Å². The number of esters is 1. The van der Waals surface area contributed by atoms with Gasteiger partial charge in [-0.2, -0.15) is 0 Å². The first-order valence-corrected chi connectivity index (χ1v) is 6.07.